The Morgan fingerprint density at radius 1 is 1.41 bits per heavy atom. The van der Waals surface area contributed by atoms with Gasteiger partial charge in [0.25, 0.3) is 0 Å². The van der Waals surface area contributed by atoms with E-state index in [1.54, 1.807) is 4.57 Å². The molecule has 0 aliphatic rings. The number of aromatic carboxylic acids is 1. The van der Waals surface area contributed by atoms with Crippen LogP contribution in [-0.4, -0.2) is 35.3 Å². The van der Waals surface area contributed by atoms with Gasteiger partial charge < -0.3 is 20.1 Å². The van der Waals surface area contributed by atoms with Crippen LogP contribution in [0.15, 0.2) is 12.1 Å². The quantitative estimate of drug-likeness (QED) is 0.630. The van der Waals surface area contributed by atoms with Crippen molar-refractivity contribution in [2.75, 3.05) is 12.3 Å². The third-order valence-electron chi connectivity index (χ3n) is 3.55. The van der Waals surface area contributed by atoms with E-state index in [1.165, 1.54) is 6.07 Å². The van der Waals surface area contributed by atoms with Crippen molar-refractivity contribution in [2.24, 2.45) is 0 Å². The van der Waals surface area contributed by atoms with E-state index in [-0.39, 0.29) is 12.4 Å². The number of hydrogen-bond acceptors (Lipinski definition) is 4. The predicted molar refractivity (Wildman–Crippen MR) is 89.9 cm³/mol. The van der Waals surface area contributed by atoms with Gasteiger partial charge in [-0.1, -0.05) is 19.6 Å². The van der Waals surface area contributed by atoms with E-state index >= 15 is 0 Å². The second kappa shape index (κ2) is 6.10. The Morgan fingerprint density at radius 2 is 2.09 bits per heavy atom. The number of carboxylic acid groups (broad SMARTS) is 1. The second-order valence-corrected chi connectivity index (χ2v) is 12.3. The molecule has 0 spiro atoms. The lowest BCUT2D eigenvalue weighted by atomic mass is 10.2. The number of aryl methyl sites for hydroxylation is 1. The van der Waals surface area contributed by atoms with Crippen LogP contribution < -0.4 is 5.73 Å². The zero-order chi connectivity index (χ0) is 16.5. The van der Waals surface area contributed by atoms with Crippen LogP contribution in [-0.2, 0) is 11.5 Å². The number of rotatable bonds is 6. The molecule has 0 fully saturated rings. The van der Waals surface area contributed by atoms with Gasteiger partial charge in [-0.25, -0.2) is 9.78 Å². The van der Waals surface area contributed by atoms with Crippen molar-refractivity contribution in [3.63, 3.8) is 0 Å². The molecule has 0 bridgehead atoms. The van der Waals surface area contributed by atoms with E-state index in [0.29, 0.717) is 17.9 Å². The summed E-state index contributed by atoms with van der Waals surface area (Å²) in [4.78, 5) is 15.7. The number of nitrogens with zero attached hydrogens (tertiary/aromatic N) is 2. The number of nitrogens with two attached hydrogens (primary N) is 1. The molecule has 0 aromatic carbocycles. The van der Waals surface area contributed by atoms with Gasteiger partial charge in [0.1, 0.15) is 18.2 Å². The van der Waals surface area contributed by atoms with Crippen LogP contribution in [0.1, 0.15) is 16.1 Å². The molecular formula is C15H23N3O3Si. The summed E-state index contributed by atoms with van der Waals surface area (Å²) in [5.41, 5.74) is 8.10. The highest BCUT2D eigenvalue weighted by atomic mass is 28.3. The molecule has 0 saturated carbocycles. The van der Waals surface area contributed by atoms with Crippen LogP contribution in [0.25, 0.3) is 11.0 Å². The first-order valence-corrected chi connectivity index (χ1v) is 11.0. The van der Waals surface area contributed by atoms with E-state index in [0.717, 1.165) is 17.1 Å². The molecule has 7 heteroatoms. The van der Waals surface area contributed by atoms with Gasteiger partial charge in [0.05, 0.1) is 11.0 Å². The number of carboxylic acids is 1. The molecule has 0 aliphatic heterocycles. The van der Waals surface area contributed by atoms with Crippen molar-refractivity contribution < 1.29 is 14.6 Å². The van der Waals surface area contributed by atoms with Gasteiger partial charge in [-0.2, -0.15) is 0 Å². The first kappa shape index (κ1) is 16.5. The number of ether oxygens (including phenoxy) is 1. The molecule has 2 aromatic heterocycles. The summed E-state index contributed by atoms with van der Waals surface area (Å²) in [6.45, 7) is 9.53. The summed E-state index contributed by atoms with van der Waals surface area (Å²) < 4.78 is 7.34. The molecule has 0 saturated heterocycles. The smallest absolute Gasteiger partial charge is 0.352 e. The lowest BCUT2D eigenvalue weighted by Gasteiger charge is -2.16. The molecule has 22 heavy (non-hydrogen) atoms. The number of pyridine rings is 1. The van der Waals surface area contributed by atoms with Gasteiger partial charge in [0.15, 0.2) is 0 Å². The zero-order valence-corrected chi connectivity index (χ0v) is 14.5. The highest BCUT2D eigenvalue weighted by Crippen LogP contribution is 2.22. The number of nitrogen functional groups attached to an aromatic ring is 1. The fraction of sp³-hybridized carbons (Fsp3) is 0.467. The highest BCUT2D eigenvalue weighted by Gasteiger charge is 2.17. The molecule has 120 valence electrons. The lowest BCUT2D eigenvalue weighted by Crippen LogP contribution is -2.22. The molecule has 2 heterocycles. The summed E-state index contributed by atoms with van der Waals surface area (Å²) in [6.07, 6.45) is 0. The molecule has 2 rings (SSSR count). The summed E-state index contributed by atoms with van der Waals surface area (Å²) in [5.74, 6) is -0.579. The average molecular weight is 321 g/mol. The molecular weight excluding hydrogens is 298 g/mol. The lowest BCUT2D eigenvalue weighted by molar-refractivity contribution is 0.0630. The van der Waals surface area contributed by atoms with E-state index < -0.39 is 14.0 Å². The molecule has 0 amide bonds. The topological polar surface area (TPSA) is 90.4 Å². The van der Waals surface area contributed by atoms with Gasteiger partial charge in [-0.15, -0.1) is 0 Å². The van der Waals surface area contributed by atoms with Crippen molar-refractivity contribution in [2.45, 2.75) is 39.3 Å². The Hall–Kier alpha value is -1.86. The molecule has 2 aromatic rings. The Kier molecular flexibility index (Phi) is 4.57. The van der Waals surface area contributed by atoms with E-state index in [9.17, 15) is 9.90 Å². The predicted octanol–water partition coefficient (Wildman–Crippen LogP) is 2.94. The van der Waals surface area contributed by atoms with Crippen molar-refractivity contribution >= 4 is 30.9 Å². The zero-order valence-electron chi connectivity index (χ0n) is 13.5. The van der Waals surface area contributed by atoms with Crippen LogP contribution in [0, 0.1) is 6.92 Å². The third-order valence-corrected chi connectivity index (χ3v) is 5.26. The highest BCUT2D eigenvalue weighted by molar-refractivity contribution is 6.76. The Morgan fingerprint density at radius 3 is 2.68 bits per heavy atom. The minimum Gasteiger partial charge on any atom is -0.477 e. The van der Waals surface area contributed by atoms with Crippen molar-refractivity contribution in [1.29, 1.82) is 0 Å². The minimum atomic E-state index is -1.16. The second-order valence-electron chi connectivity index (χ2n) is 6.71. The van der Waals surface area contributed by atoms with Crippen LogP contribution in [0.3, 0.4) is 0 Å². The summed E-state index contributed by atoms with van der Waals surface area (Å²) in [5, 5.41) is 9.36. The van der Waals surface area contributed by atoms with Crippen molar-refractivity contribution in [1.82, 2.24) is 9.55 Å². The maximum atomic E-state index is 11.4. The average Bonchev–Trinajstić information content (AvgIpc) is 2.72. The first-order chi connectivity index (χ1) is 10.2. The Balaban J connectivity index is 2.28. The molecule has 3 N–H and O–H groups in total. The minimum absolute atomic E-state index is 0.167. The maximum absolute atomic E-state index is 11.4. The molecule has 6 nitrogen and oxygen atoms in total. The number of carbonyl (C=O) groups is 1. The molecule has 0 aliphatic carbocycles. The van der Waals surface area contributed by atoms with Gasteiger partial charge in [-0.3, -0.25) is 0 Å². The van der Waals surface area contributed by atoms with Crippen LogP contribution in [0.2, 0.25) is 25.7 Å². The molecule has 0 unspecified atom stereocenters. The Bertz CT molecular complexity index is 704. The number of anilines is 1. The maximum Gasteiger partial charge on any atom is 0.352 e. The number of fused-ring (bicyclic) bond motifs is 1. The fourth-order valence-corrected chi connectivity index (χ4v) is 2.89. The standard InChI is InChI=1S/C15H23N3O3Si/c1-10-7-12-11(17-14(10)16)8-13(15(19)20)18(12)9-21-5-6-22(2,3)4/h7-8H,5-6,9H2,1-4H3,(H2,16,17)(H,19,20). The summed E-state index contributed by atoms with van der Waals surface area (Å²) in [7, 11) is -1.16. The number of hydrogen-bond donors (Lipinski definition) is 2. The fourth-order valence-electron chi connectivity index (χ4n) is 2.14. The van der Waals surface area contributed by atoms with E-state index in [2.05, 4.69) is 24.6 Å². The Labute approximate surface area is 130 Å². The largest absolute Gasteiger partial charge is 0.477 e. The van der Waals surface area contributed by atoms with Gasteiger partial charge in [0, 0.05) is 14.7 Å². The van der Waals surface area contributed by atoms with Crippen LogP contribution in [0.5, 0.6) is 0 Å². The monoisotopic (exact) mass is 321 g/mol. The van der Waals surface area contributed by atoms with Gasteiger partial charge in [-0.05, 0) is 30.7 Å². The normalized spacial score (nSPS) is 12.0. The van der Waals surface area contributed by atoms with Crippen LogP contribution in [0.4, 0.5) is 5.82 Å². The van der Waals surface area contributed by atoms with Crippen molar-refractivity contribution in [3.8, 4) is 0 Å². The van der Waals surface area contributed by atoms with Gasteiger partial charge >= 0.3 is 5.97 Å². The SMILES string of the molecule is Cc1cc2c(cc(C(=O)O)n2COCC[Si](C)(C)C)nc1N. The molecule has 0 radical (unpaired) electrons. The summed E-state index contributed by atoms with van der Waals surface area (Å²) >= 11 is 0. The third kappa shape index (κ3) is 3.66. The van der Waals surface area contributed by atoms with Crippen LogP contribution >= 0.6 is 0 Å². The van der Waals surface area contributed by atoms with E-state index in [1.807, 2.05) is 13.0 Å². The summed E-state index contributed by atoms with van der Waals surface area (Å²) in [6, 6.07) is 4.43. The van der Waals surface area contributed by atoms with E-state index in [4.69, 9.17) is 10.5 Å². The van der Waals surface area contributed by atoms with Gasteiger partial charge in [0.2, 0.25) is 0 Å². The number of aromatic nitrogens is 2. The first-order valence-electron chi connectivity index (χ1n) is 7.26. The molecule has 0 atom stereocenters. The van der Waals surface area contributed by atoms with Crippen molar-refractivity contribution in [3.05, 3.63) is 23.4 Å².